The predicted octanol–water partition coefficient (Wildman–Crippen LogP) is 0.463. The van der Waals surface area contributed by atoms with Crippen molar-refractivity contribution in [1.29, 1.82) is 0 Å². The van der Waals surface area contributed by atoms with Crippen LogP contribution in [0.5, 0.6) is 0 Å². The lowest BCUT2D eigenvalue weighted by Gasteiger charge is -2.11. The number of hydrogen-bond donors (Lipinski definition) is 3. The number of aromatic nitrogens is 3. The van der Waals surface area contributed by atoms with Crippen LogP contribution in [0.3, 0.4) is 0 Å². The second-order valence-corrected chi connectivity index (χ2v) is 3.91. The van der Waals surface area contributed by atoms with Crippen LogP contribution in [0.25, 0.3) is 0 Å². The molecule has 0 saturated heterocycles. The highest BCUT2D eigenvalue weighted by atomic mass is 16.3. The van der Waals surface area contributed by atoms with Crippen molar-refractivity contribution < 1.29 is 14.0 Å². The molecule has 2 rings (SSSR count). The number of H-pyrrole nitrogens is 1. The third-order valence-corrected chi connectivity index (χ3v) is 2.32. The van der Waals surface area contributed by atoms with Crippen molar-refractivity contribution in [2.45, 2.75) is 19.9 Å². The summed E-state index contributed by atoms with van der Waals surface area (Å²) in [6, 6.07) is 2.37. The standard InChI is InChI=1S/C11H13N5O3/c1-6(12-10(18)8-4-3-5-19-8)9(17)14-11-13-7(2)15-16-11/h3-6H,1-2H3,(H,12,18)(H2,13,14,15,16,17). The van der Waals surface area contributed by atoms with E-state index in [9.17, 15) is 9.59 Å². The van der Waals surface area contributed by atoms with Gasteiger partial charge in [0.05, 0.1) is 6.26 Å². The van der Waals surface area contributed by atoms with Crippen LogP contribution in [-0.4, -0.2) is 33.0 Å². The van der Waals surface area contributed by atoms with Crippen LogP contribution in [0.2, 0.25) is 0 Å². The highest BCUT2D eigenvalue weighted by molar-refractivity contribution is 5.99. The zero-order valence-electron chi connectivity index (χ0n) is 10.4. The first-order valence-electron chi connectivity index (χ1n) is 5.60. The van der Waals surface area contributed by atoms with Crippen molar-refractivity contribution in [3.8, 4) is 0 Å². The largest absolute Gasteiger partial charge is 0.459 e. The maximum absolute atomic E-state index is 11.8. The van der Waals surface area contributed by atoms with Gasteiger partial charge in [-0.25, -0.2) is 0 Å². The first-order chi connectivity index (χ1) is 9.06. The lowest BCUT2D eigenvalue weighted by atomic mass is 10.3. The third-order valence-electron chi connectivity index (χ3n) is 2.32. The second-order valence-electron chi connectivity index (χ2n) is 3.91. The molecule has 0 aliphatic carbocycles. The van der Waals surface area contributed by atoms with Crippen molar-refractivity contribution in [3.05, 3.63) is 30.0 Å². The Bertz CT molecular complexity index is 575. The van der Waals surface area contributed by atoms with Crippen LogP contribution in [0.1, 0.15) is 23.3 Å². The molecular formula is C11H13N5O3. The van der Waals surface area contributed by atoms with Gasteiger partial charge in [0.2, 0.25) is 11.9 Å². The van der Waals surface area contributed by atoms with Crippen molar-refractivity contribution in [2.24, 2.45) is 0 Å². The van der Waals surface area contributed by atoms with Crippen molar-refractivity contribution in [1.82, 2.24) is 20.5 Å². The Balaban J connectivity index is 1.91. The summed E-state index contributed by atoms with van der Waals surface area (Å²) < 4.78 is 4.92. The summed E-state index contributed by atoms with van der Waals surface area (Å²) in [5, 5.41) is 11.3. The van der Waals surface area contributed by atoms with E-state index in [4.69, 9.17) is 4.42 Å². The van der Waals surface area contributed by atoms with Crippen LogP contribution in [0, 0.1) is 6.92 Å². The molecule has 0 aliphatic rings. The molecule has 19 heavy (non-hydrogen) atoms. The molecule has 0 aliphatic heterocycles. The number of aryl methyl sites for hydroxylation is 1. The van der Waals surface area contributed by atoms with E-state index in [0.717, 1.165) is 0 Å². The van der Waals surface area contributed by atoms with E-state index in [1.54, 1.807) is 19.9 Å². The smallest absolute Gasteiger partial charge is 0.287 e. The lowest BCUT2D eigenvalue weighted by molar-refractivity contribution is -0.117. The summed E-state index contributed by atoms with van der Waals surface area (Å²) in [5.74, 6) is 0.0234. The van der Waals surface area contributed by atoms with Crippen molar-refractivity contribution in [2.75, 3.05) is 5.32 Å². The Morgan fingerprint density at radius 1 is 1.47 bits per heavy atom. The molecule has 0 spiro atoms. The number of carbonyl (C=O) groups excluding carboxylic acids is 2. The van der Waals surface area contributed by atoms with Crippen LogP contribution in [0.4, 0.5) is 5.95 Å². The number of amides is 2. The monoisotopic (exact) mass is 263 g/mol. The fourth-order valence-corrected chi connectivity index (χ4v) is 1.36. The molecular weight excluding hydrogens is 250 g/mol. The summed E-state index contributed by atoms with van der Waals surface area (Å²) in [6.07, 6.45) is 1.38. The average molecular weight is 263 g/mol. The minimum Gasteiger partial charge on any atom is -0.459 e. The first-order valence-corrected chi connectivity index (χ1v) is 5.60. The molecule has 8 heteroatoms. The second kappa shape index (κ2) is 5.34. The van der Waals surface area contributed by atoms with Gasteiger partial charge in [0.15, 0.2) is 5.76 Å². The fraction of sp³-hybridized carbons (Fsp3) is 0.273. The quantitative estimate of drug-likeness (QED) is 0.741. The van der Waals surface area contributed by atoms with Crippen molar-refractivity contribution in [3.63, 3.8) is 0 Å². The van der Waals surface area contributed by atoms with Gasteiger partial charge in [0.25, 0.3) is 5.91 Å². The number of furan rings is 1. The number of carbonyl (C=O) groups is 2. The molecule has 2 aromatic heterocycles. The van der Waals surface area contributed by atoms with E-state index in [0.29, 0.717) is 5.82 Å². The van der Waals surface area contributed by atoms with Gasteiger partial charge in [-0.3, -0.25) is 20.0 Å². The van der Waals surface area contributed by atoms with E-state index in [-0.39, 0.29) is 11.7 Å². The van der Waals surface area contributed by atoms with Gasteiger partial charge in [-0.1, -0.05) is 0 Å². The minimum absolute atomic E-state index is 0.147. The molecule has 2 amide bonds. The van der Waals surface area contributed by atoms with E-state index in [2.05, 4.69) is 25.8 Å². The van der Waals surface area contributed by atoms with Gasteiger partial charge < -0.3 is 9.73 Å². The van der Waals surface area contributed by atoms with Gasteiger partial charge in [0, 0.05) is 0 Å². The Labute approximate surface area is 108 Å². The third kappa shape index (κ3) is 3.18. The highest BCUT2D eigenvalue weighted by Crippen LogP contribution is 2.02. The molecule has 1 unspecified atom stereocenters. The minimum atomic E-state index is -0.739. The van der Waals surface area contributed by atoms with E-state index < -0.39 is 17.9 Å². The number of nitrogens with one attached hydrogen (secondary N) is 3. The van der Waals surface area contributed by atoms with Gasteiger partial charge in [0.1, 0.15) is 11.9 Å². The Morgan fingerprint density at radius 3 is 2.84 bits per heavy atom. The number of aromatic amines is 1. The average Bonchev–Trinajstić information content (AvgIpc) is 3.00. The normalized spacial score (nSPS) is 11.9. The summed E-state index contributed by atoms with van der Waals surface area (Å²) in [5.41, 5.74) is 0. The molecule has 0 bridgehead atoms. The fourth-order valence-electron chi connectivity index (χ4n) is 1.36. The molecule has 2 aromatic rings. The van der Waals surface area contributed by atoms with Gasteiger partial charge in [-0.05, 0) is 26.0 Å². The van der Waals surface area contributed by atoms with Crippen LogP contribution in [-0.2, 0) is 4.79 Å². The van der Waals surface area contributed by atoms with Gasteiger partial charge in [-0.2, -0.15) is 4.98 Å². The zero-order chi connectivity index (χ0) is 13.8. The Kier molecular flexibility index (Phi) is 3.60. The molecule has 0 aromatic carbocycles. The molecule has 2 heterocycles. The Hall–Kier alpha value is -2.64. The molecule has 8 nitrogen and oxygen atoms in total. The van der Waals surface area contributed by atoms with Crippen molar-refractivity contribution >= 4 is 17.8 Å². The summed E-state index contributed by atoms with van der Waals surface area (Å²) >= 11 is 0. The molecule has 1 atom stereocenters. The number of rotatable bonds is 4. The SMILES string of the molecule is Cc1nc(NC(=O)C(C)NC(=O)c2ccco2)n[nH]1. The number of hydrogen-bond acceptors (Lipinski definition) is 5. The maximum Gasteiger partial charge on any atom is 0.287 e. The molecule has 100 valence electrons. The molecule has 0 radical (unpaired) electrons. The molecule has 0 fully saturated rings. The van der Waals surface area contributed by atoms with E-state index in [1.807, 2.05) is 0 Å². The summed E-state index contributed by atoms with van der Waals surface area (Å²) in [7, 11) is 0. The topological polar surface area (TPSA) is 113 Å². The van der Waals surface area contributed by atoms with E-state index in [1.165, 1.54) is 12.3 Å². The molecule has 3 N–H and O–H groups in total. The lowest BCUT2D eigenvalue weighted by Crippen LogP contribution is -2.41. The van der Waals surface area contributed by atoms with Crippen LogP contribution >= 0.6 is 0 Å². The highest BCUT2D eigenvalue weighted by Gasteiger charge is 2.19. The van der Waals surface area contributed by atoms with Gasteiger partial charge in [-0.15, -0.1) is 5.10 Å². The molecule has 0 saturated carbocycles. The zero-order valence-corrected chi connectivity index (χ0v) is 10.4. The number of anilines is 1. The first kappa shape index (κ1) is 12.8. The van der Waals surface area contributed by atoms with Gasteiger partial charge >= 0.3 is 0 Å². The number of nitrogens with zero attached hydrogens (tertiary/aromatic N) is 2. The van der Waals surface area contributed by atoms with Crippen LogP contribution < -0.4 is 10.6 Å². The predicted molar refractivity (Wildman–Crippen MR) is 65.4 cm³/mol. The van der Waals surface area contributed by atoms with E-state index >= 15 is 0 Å². The Morgan fingerprint density at radius 2 is 2.26 bits per heavy atom. The van der Waals surface area contributed by atoms with Crippen LogP contribution in [0.15, 0.2) is 22.8 Å². The maximum atomic E-state index is 11.8. The summed E-state index contributed by atoms with van der Waals surface area (Å²) in [6.45, 7) is 3.26. The summed E-state index contributed by atoms with van der Waals surface area (Å²) in [4.78, 5) is 27.4.